The van der Waals surface area contributed by atoms with Crippen LogP contribution in [-0.4, -0.2) is 19.1 Å². The highest BCUT2D eigenvalue weighted by Gasteiger charge is 2.06. The van der Waals surface area contributed by atoms with Crippen LogP contribution in [0, 0.1) is 0 Å². The van der Waals surface area contributed by atoms with Crippen LogP contribution in [0.3, 0.4) is 0 Å². The number of allylic oxidation sites excluding steroid dienone is 1. The lowest BCUT2D eigenvalue weighted by Gasteiger charge is -2.03. The molecular formula is C8H13NO2. The van der Waals surface area contributed by atoms with Gasteiger partial charge in [0.1, 0.15) is 5.76 Å². The number of carbonyl (C=O) groups excluding carboxylic acids is 1. The first kappa shape index (κ1) is 8.11. The first-order valence-electron chi connectivity index (χ1n) is 3.94. The zero-order valence-electron chi connectivity index (χ0n) is 6.72. The molecule has 3 nitrogen and oxygen atoms in total. The number of hydrogen-bond acceptors (Lipinski definition) is 2. The molecule has 0 saturated carbocycles. The van der Waals surface area contributed by atoms with Gasteiger partial charge in [-0.25, -0.2) is 0 Å². The van der Waals surface area contributed by atoms with Crippen molar-refractivity contribution >= 4 is 5.91 Å². The molecule has 1 N–H and O–H groups in total. The van der Waals surface area contributed by atoms with Gasteiger partial charge in [-0.1, -0.05) is 0 Å². The Kier molecular flexibility index (Phi) is 2.95. The van der Waals surface area contributed by atoms with Crippen molar-refractivity contribution in [3.8, 4) is 0 Å². The lowest BCUT2D eigenvalue weighted by Crippen LogP contribution is -2.20. The van der Waals surface area contributed by atoms with Crippen molar-refractivity contribution in [2.24, 2.45) is 0 Å². The first-order valence-corrected chi connectivity index (χ1v) is 3.94. The van der Waals surface area contributed by atoms with Crippen molar-refractivity contribution < 1.29 is 9.53 Å². The van der Waals surface area contributed by atoms with Crippen LogP contribution in [0.25, 0.3) is 0 Å². The van der Waals surface area contributed by atoms with Gasteiger partial charge in [0.05, 0.1) is 6.61 Å². The molecule has 0 aromatic rings. The van der Waals surface area contributed by atoms with Crippen LogP contribution in [0.1, 0.15) is 19.8 Å². The van der Waals surface area contributed by atoms with Crippen LogP contribution >= 0.6 is 0 Å². The van der Waals surface area contributed by atoms with Crippen LogP contribution in [0.2, 0.25) is 0 Å². The van der Waals surface area contributed by atoms with Gasteiger partial charge in [-0.3, -0.25) is 4.79 Å². The van der Waals surface area contributed by atoms with Gasteiger partial charge in [0.15, 0.2) is 0 Å². The Morgan fingerprint density at radius 3 is 3.27 bits per heavy atom. The number of carbonyl (C=O) groups is 1. The average Bonchev–Trinajstić information content (AvgIpc) is 2.15. The quantitative estimate of drug-likeness (QED) is 0.641. The summed E-state index contributed by atoms with van der Waals surface area (Å²) in [6.45, 7) is 3.31. The van der Waals surface area contributed by atoms with Crippen LogP contribution in [0.15, 0.2) is 11.8 Å². The van der Waals surface area contributed by atoms with Gasteiger partial charge in [-0.05, 0) is 13.3 Å². The van der Waals surface area contributed by atoms with Crippen molar-refractivity contribution in [1.82, 2.24) is 5.32 Å². The van der Waals surface area contributed by atoms with Crippen LogP contribution in [0.4, 0.5) is 0 Å². The third-order valence-electron chi connectivity index (χ3n) is 1.52. The summed E-state index contributed by atoms with van der Waals surface area (Å²) in [7, 11) is 0. The van der Waals surface area contributed by atoms with Crippen molar-refractivity contribution in [3.05, 3.63) is 11.8 Å². The Labute approximate surface area is 66.4 Å². The standard InChI is InChI=1S/C8H13NO2/c1-2-11-7-4-3-5-9-8(10)6-7/h6H,2-5H2,1H3,(H,9,10). The number of amides is 1. The summed E-state index contributed by atoms with van der Waals surface area (Å²) in [5, 5.41) is 2.74. The maximum absolute atomic E-state index is 10.9. The minimum atomic E-state index is -0.0362. The molecule has 0 aromatic carbocycles. The van der Waals surface area contributed by atoms with Gasteiger partial charge >= 0.3 is 0 Å². The number of nitrogens with one attached hydrogen (secondary N) is 1. The summed E-state index contributed by atoms with van der Waals surface area (Å²) in [5.41, 5.74) is 0. The second-order valence-electron chi connectivity index (χ2n) is 2.44. The Balaban J connectivity index is 2.52. The molecule has 1 aliphatic rings. The van der Waals surface area contributed by atoms with E-state index in [-0.39, 0.29) is 5.91 Å². The molecule has 0 radical (unpaired) electrons. The van der Waals surface area contributed by atoms with Gasteiger partial charge in [-0.2, -0.15) is 0 Å². The minimum Gasteiger partial charge on any atom is -0.498 e. The monoisotopic (exact) mass is 155 g/mol. The van der Waals surface area contributed by atoms with E-state index in [0.29, 0.717) is 6.61 Å². The molecule has 11 heavy (non-hydrogen) atoms. The van der Waals surface area contributed by atoms with E-state index in [1.165, 1.54) is 6.08 Å². The lowest BCUT2D eigenvalue weighted by atomic mass is 10.3. The average molecular weight is 155 g/mol. The van der Waals surface area contributed by atoms with Gasteiger partial charge in [0, 0.05) is 19.0 Å². The predicted molar refractivity (Wildman–Crippen MR) is 42.0 cm³/mol. The summed E-state index contributed by atoms with van der Waals surface area (Å²) < 4.78 is 5.23. The molecule has 62 valence electrons. The second-order valence-corrected chi connectivity index (χ2v) is 2.44. The van der Waals surface area contributed by atoms with Crippen LogP contribution in [0.5, 0.6) is 0 Å². The van der Waals surface area contributed by atoms with E-state index in [1.807, 2.05) is 6.92 Å². The molecule has 0 aromatic heterocycles. The number of rotatable bonds is 2. The van der Waals surface area contributed by atoms with E-state index < -0.39 is 0 Å². The van der Waals surface area contributed by atoms with E-state index in [2.05, 4.69) is 5.32 Å². The zero-order chi connectivity index (χ0) is 8.10. The third kappa shape index (κ3) is 2.62. The van der Waals surface area contributed by atoms with Gasteiger partial charge in [0.2, 0.25) is 5.91 Å². The molecule has 0 unspecified atom stereocenters. The summed E-state index contributed by atoms with van der Waals surface area (Å²) in [4.78, 5) is 10.9. The molecule has 1 amide bonds. The summed E-state index contributed by atoms with van der Waals surface area (Å²) in [6, 6.07) is 0. The Hall–Kier alpha value is -0.990. The van der Waals surface area contributed by atoms with Crippen LogP contribution in [-0.2, 0) is 9.53 Å². The first-order chi connectivity index (χ1) is 5.33. The van der Waals surface area contributed by atoms with Crippen molar-refractivity contribution in [2.45, 2.75) is 19.8 Å². The summed E-state index contributed by atoms with van der Waals surface area (Å²) >= 11 is 0. The molecular weight excluding hydrogens is 142 g/mol. The predicted octanol–water partition coefficient (Wildman–Crippen LogP) is 0.817. The number of hydrogen-bond donors (Lipinski definition) is 1. The Morgan fingerprint density at radius 2 is 2.55 bits per heavy atom. The number of ether oxygens (including phenoxy) is 1. The smallest absolute Gasteiger partial charge is 0.247 e. The summed E-state index contributed by atoms with van der Waals surface area (Å²) in [6.07, 6.45) is 3.38. The molecule has 0 spiro atoms. The van der Waals surface area contributed by atoms with Crippen molar-refractivity contribution in [1.29, 1.82) is 0 Å². The van der Waals surface area contributed by atoms with E-state index in [4.69, 9.17) is 4.74 Å². The normalized spacial score (nSPS) is 18.3. The van der Waals surface area contributed by atoms with E-state index in [1.54, 1.807) is 0 Å². The zero-order valence-corrected chi connectivity index (χ0v) is 6.72. The van der Waals surface area contributed by atoms with E-state index in [0.717, 1.165) is 25.1 Å². The molecule has 0 saturated heterocycles. The van der Waals surface area contributed by atoms with Gasteiger partial charge in [-0.15, -0.1) is 0 Å². The Bertz CT molecular complexity index is 175. The molecule has 0 bridgehead atoms. The highest BCUT2D eigenvalue weighted by atomic mass is 16.5. The molecule has 0 atom stereocenters. The molecule has 0 aliphatic carbocycles. The Morgan fingerprint density at radius 1 is 1.73 bits per heavy atom. The molecule has 3 heteroatoms. The van der Waals surface area contributed by atoms with E-state index in [9.17, 15) is 4.79 Å². The highest BCUT2D eigenvalue weighted by Crippen LogP contribution is 2.08. The van der Waals surface area contributed by atoms with Crippen molar-refractivity contribution in [2.75, 3.05) is 13.2 Å². The maximum atomic E-state index is 10.9. The fourth-order valence-corrected chi connectivity index (χ4v) is 1.04. The minimum absolute atomic E-state index is 0.0362. The second kappa shape index (κ2) is 4.01. The molecule has 1 rings (SSSR count). The molecule has 1 aliphatic heterocycles. The van der Waals surface area contributed by atoms with E-state index >= 15 is 0 Å². The fourth-order valence-electron chi connectivity index (χ4n) is 1.04. The third-order valence-corrected chi connectivity index (χ3v) is 1.52. The van der Waals surface area contributed by atoms with Crippen molar-refractivity contribution in [3.63, 3.8) is 0 Å². The summed E-state index contributed by atoms with van der Waals surface area (Å²) in [5.74, 6) is 0.772. The lowest BCUT2D eigenvalue weighted by molar-refractivity contribution is -0.116. The highest BCUT2D eigenvalue weighted by molar-refractivity contribution is 5.88. The topological polar surface area (TPSA) is 38.3 Å². The maximum Gasteiger partial charge on any atom is 0.247 e. The van der Waals surface area contributed by atoms with Gasteiger partial charge in [0.25, 0.3) is 0 Å². The van der Waals surface area contributed by atoms with Crippen LogP contribution < -0.4 is 5.32 Å². The molecule has 1 heterocycles. The SMILES string of the molecule is CCOC1=CC(=O)NCCC1. The fraction of sp³-hybridized carbons (Fsp3) is 0.625. The molecule has 0 fully saturated rings. The largest absolute Gasteiger partial charge is 0.498 e. The van der Waals surface area contributed by atoms with Gasteiger partial charge < -0.3 is 10.1 Å².